The van der Waals surface area contributed by atoms with Gasteiger partial charge in [-0.2, -0.15) is 0 Å². The van der Waals surface area contributed by atoms with E-state index >= 15 is 0 Å². The number of hydrogen-bond donors (Lipinski definition) is 1. The molecule has 0 fully saturated rings. The molecule has 102 valence electrons. The van der Waals surface area contributed by atoms with Gasteiger partial charge in [-0.15, -0.1) is 0 Å². The zero-order valence-corrected chi connectivity index (χ0v) is 11.5. The average molecular weight is 260 g/mol. The molecule has 4 heteroatoms. The standard InChI is InChI=1S/C15H20N2O2/c1-3-4-7-10-17-13-9-6-5-8-12(13)14(18)16-11(2)15(17)19/h5-6,8-9,11H,3-4,7,10H2,1-2H3,(H,16,18). The van der Waals surface area contributed by atoms with Crippen molar-refractivity contribution >= 4 is 17.5 Å². The van der Waals surface area contributed by atoms with E-state index in [0.717, 1.165) is 24.9 Å². The van der Waals surface area contributed by atoms with E-state index in [1.165, 1.54) is 0 Å². The predicted molar refractivity (Wildman–Crippen MR) is 75.2 cm³/mol. The van der Waals surface area contributed by atoms with Crippen molar-refractivity contribution in [1.29, 1.82) is 0 Å². The fourth-order valence-electron chi connectivity index (χ4n) is 2.34. The Morgan fingerprint density at radius 2 is 1.95 bits per heavy atom. The van der Waals surface area contributed by atoms with Gasteiger partial charge in [-0.05, 0) is 25.5 Å². The normalized spacial score (nSPS) is 18.8. The molecular formula is C15H20N2O2. The molecular weight excluding hydrogens is 240 g/mol. The number of carbonyl (C=O) groups excluding carboxylic acids is 2. The number of hydrogen-bond acceptors (Lipinski definition) is 2. The lowest BCUT2D eigenvalue weighted by atomic mass is 10.1. The molecule has 1 aliphatic rings. The van der Waals surface area contributed by atoms with Crippen LogP contribution in [0.1, 0.15) is 43.5 Å². The van der Waals surface area contributed by atoms with Gasteiger partial charge in [-0.3, -0.25) is 9.59 Å². The van der Waals surface area contributed by atoms with E-state index in [9.17, 15) is 9.59 Å². The molecule has 0 aromatic heterocycles. The molecule has 1 heterocycles. The largest absolute Gasteiger partial charge is 0.340 e. The Kier molecular flexibility index (Phi) is 4.20. The quantitative estimate of drug-likeness (QED) is 0.845. The van der Waals surface area contributed by atoms with Crippen molar-refractivity contribution in [1.82, 2.24) is 5.32 Å². The van der Waals surface area contributed by atoms with E-state index in [1.807, 2.05) is 18.2 Å². The number of rotatable bonds is 4. The fraction of sp³-hybridized carbons (Fsp3) is 0.467. The number of benzene rings is 1. The molecule has 1 aliphatic heterocycles. The minimum atomic E-state index is -0.471. The third kappa shape index (κ3) is 2.78. The highest BCUT2D eigenvalue weighted by Crippen LogP contribution is 2.24. The number of unbranched alkanes of at least 4 members (excludes halogenated alkanes) is 2. The molecule has 1 aromatic rings. The van der Waals surface area contributed by atoms with Crippen molar-refractivity contribution in [2.24, 2.45) is 0 Å². The highest BCUT2D eigenvalue weighted by atomic mass is 16.2. The number of amides is 2. The molecule has 0 saturated carbocycles. The summed E-state index contributed by atoms with van der Waals surface area (Å²) in [7, 11) is 0. The topological polar surface area (TPSA) is 49.4 Å². The lowest BCUT2D eigenvalue weighted by Crippen LogP contribution is -2.44. The number of anilines is 1. The van der Waals surface area contributed by atoms with Gasteiger partial charge in [0.2, 0.25) is 5.91 Å². The summed E-state index contributed by atoms with van der Waals surface area (Å²) in [4.78, 5) is 26.1. The van der Waals surface area contributed by atoms with E-state index in [1.54, 1.807) is 17.9 Å². The molecule has 1 unspecified atom stereocenters. The Morgan fingerprint density at radius 1 is 1.21 bits per heavy atom. The summed E-state index contributed by atoms with van der Waals surface area (Å²) in [6.45, 7) is 4.54. The van der Waals surface area contributed by atoms with E-state index in [4.69, 9.17) is 0 Å². The van der Waals surface area contributed by atoms with Gasteiger partial charge in [-0.25, -0.2) is 0 Å². The first kappa shape index (κ1) is 13.6. The molecule has 1 N–H and O–H groups in total. The molecule has 2 amide bonds. The molecule has 0 spiro atoms. The van der Waals surface area contributed by atoms with Gasteiger partial charge in [0.1, 0.15) is 6.04 Å². The van der Waals surface area contributed by atoms with Crippen LogP contribution in [-0.2, 0) is 4.79 Å². The molecule has 0 aliphatic carbocycles. The van der Waals surface area contributed by atoms with Crippen molar-refractivity contribution in [3.63, 3.8) is 0 Å². The maximum absolute atomic E-state index is 12.4. The molecule has 0 bridgehead atoms. The number of nitrogens with zero attached hydrogens (tertiary/aromatic N) is 1. The van der Waals surface area contributed by atoms with Gasteiger partial charge < -0.3 is 10.2 Å². The lowest BCUT2D eigenvalue weighted by Gasteiger charge is -2.23. The van der Waals surface area contributed by atoms with Crippen LogP contribution in [0.5, 0.6) is 0 Å². The summed E-state index contributed by atoms with van der Waals surface area (Å²) in [6, 6.07) is 6.83. The first-order valence-corrected chi connectivity index (χ1v) is 6.86. The van der Waals surface area contributed by atoms with Gasteiger partial charge in [0, 0.05) is 6.54 Å². The monoisotopic (exact) mass is 260 g/mol. The van der Waals surface area contributed by atoms with Crippen LogP contribution in [0.3, 0.4) is 0 Å². The molecule has 1 atom stereocenters. The maximum atomic E-state index is 12.4. The minimum Gasteiger partial charge on any atom is -0.340 e. The molecule has 0 radical (unpaired) electrons. The summed E-state index contributed by atoms with van der Waals surface area (Å²) < 4.78 is 0. The van der Waals surface area contributed by atoms with Gasteiger partial charge in [-0.1, -0.05) is 31.9 Å². The molecule has 4 nitrogen and oxygen atoms in total. The van der Waals surface area contributed by atoms with Crippen LogP contribution >= 0.6 is 0 Å². The third-order valence-electron chi connectivity index (χ3n) is 3.41. The van der Waals surface area contributed by atoms with E-state index < -0.39 is 6.04 Å². The van der Waals surface area contributed by atoms with Crippen LogP contribution < -0.4 is 10.2 Å². The first-order valence-electron chi connectivity index (χ1n) is 6.86. The average Bonchev–Trinajstić information content (AvgIpc) is 2.50. The fourth-order valence-corrected chi connectivity index (χ4v) is 2.34. The number of nitrogens with one attached hydrogen (secondary N) is 1. The summed E-state index contributed by atoms with van der Waals surface area (Å²) in [5.41, 5.74) is 1.31. The van der Waals surface area contributed by atoms with E-state index in [-0.39, 0.29) is 11.8 Å². The maximum Gasteiger partial charge on any atom is 0.254 e. The summed E-state index contributed by atoms with van der Waals surface area (Å²) >= 11 is 0. The van der Waals surface area contributed by atoms with Crippen molar-refractivity contribution in [3.8, 4) is 0 Å². The van der Waals surface area contributed by atoms with Gasteiger partial charge in [0.15, 0.2) is 0 Å². The Bertz CT molecular complexity index is 485. The summed E-state index contributed by atoms with van der Waals surface area (Å²) in [5.74, 6) is -0.205. The van der Waals surface area contributed by atoms with Crippen LogP contribution in [0.2, 0.25) is 0 Å². The van der Waals surface area contributed by atoms with Crippen LogP contribution in [0.25, 0.3) is 0 Å². The van der Waals surface area contributed by atoms with Crippen molar-refractivity contribution in [3.05, 3.63) is 29.8 Å². The predicted octanol–water partition coefficient (Wildman–Crippen LogP) is 2.34. The molecule has 2 rings (SSSR count). The van der Waals surface area contributed by atoms with E-state index in [0.29, 0.717) is 12.1 Å². The van der Waals surface area contributed by atoms with Gasteiger partial charge in [0.25, 0.3) is 5.91 Å². The van der Waals surface area contributed by atoms with Crippen molar-refractivity contribution < 1.29 is 9.59 Å². The number of carbonyl (C=O) groups is 2. The second-order valence-electron chi connectivity index (χ2n) is 4.91. The highest BCUT2D eigenvalue weighted by molar-refractivity contribution is 6.10. The van der Waals surface area contributed by atoms with Crippen molar-refractivity contribution in [2.45, 2.75) is 39.2 Å². The van der Waals surface area contributed by atoms with Crippen LogP contribution in [0.4, 0.5) is 5.69 Å². The Hall–Kier alpha value is -1.84. The Morgan fingerprint density at radius 3 is 2.68 bits per heavy atom. The van der Waals surface area contributed by atoms with Crippen LogP contribution in [-0.4, -0.2) is 24.4 Å². The second-order valence-corrected chi connectivity index (χ2v) is 4.91. The zero-order valence-electron chi connectivity index (χ0n) is 11.5. The van der Waals surface area contributed by atoms with Crippen LogP contribution in [0, 0.1) is 0 Å². The smallest absolute Gasteiger partial charge is 0.254 e. The van der Waals surface area contributed by atoms with Crippen molar-refractivity contribution in [2.75, 3.05) is 11.4 Å². The number of fused-ring (bicyclic) bond motifs is 1. The van der Waals surface area contributed by atoms with Gasteiger partial charge >= 0.3 is 0 Å². The van der Waals surface area contributed by atoms with E-state index in [2.05, 4.69) is 12.2 Å². The highest BCUT2D eigenvalue weighted by Gasteiger charge is 2.30. The summed E-state index contributed by atoms with van der Waals surface area (Å²) in [6.07, 6.45) is 3.15. The molecule has 19 heavy (non-hydrogen) atoms. The SMILES string of the molecule is CCCCCN1C(=O)C(C)NC(=O)c2ccccc21. The van der Waals surface area contributed by atoms with Crippen LogP contribution in [0.15, 0.2) is 24.3 Å². The molecule has 1 aromatic carbocycles. The molecule has 0 saturated heterocycles. The Labute approximate surface area is 113 Å². The second kappa shape index (κ2) is 5.87. The van der Waals surface area contributed by atoms with Gasteiger partial charge in [0.05, 0.1) is 11.3 Å². The number of para-hydroxylation sites is 1. The first-order chi connectivity index (χ1) is 9.15. The third-order valence-corrected chi connectivity index (χ3v) is 3.41. The minimum absolute atomic E-state index is 0.0330. The summed E-state index contributed by atoms with van der Waals surface area (Å²) in [5, 5.41) is 2.74. The lowest BCUT2D eigenvalue weighted by molar-refractivity contribution is -0.120. The Balaban J connectivity index is 2.34. The zero-order chi connectivity index (χ0) is 13.8.